The van der Waals surface area contributed by atoms with Crippen molar-refractivity contribution in [2.24, 2.45) is 5.16 Å². The van der Waals surface area contributed by atoms with Crippen LogP contribution in [0.5, 0.6) is 0 Å². The summed E-state index contributed by atoms with van der Waals surface area (Å²) in [6.07, 6.45) is 0. The minimum atomic E-state index is 0.269. The number of benzene rings is 1. The maximum absolute atomic E-state index is 10.9. The molecule has 7 nitrogen and oxygen atoms in total. The number of carbonyl (C=O) groups excluding carboxylic acids is 1. The molecule has 0 aliphatic carbocycles. The predicted octanol–water partition coefficient (Wildman–Crippen LogP) is -1.30. The van der Waals surface area contributed by atoms with Gasteiger partial charge in [0, 0.05) is 18.8 Å². The number of nitrogens with zero attached hydrogens (tertiary/aromatic N) is 3. The average Bonchev–Trinajstić information content (AvgIpc) is 2.81. The van der Waals surface area contributed by atoms with Crippen molar-refractivity contribution >= 4 is 17.3 Å². The van der Waals surface area contributed by atoms with E-state index in [1.807, 2.05) is 5.94 Å². The molecule has 2 heterocycles. The molecule has 1 fully saturated rings. The maximum Gasteiger partial charge on any atom is 0.154 e. The van der Waals surface area contributed by atoms with Crippen molar-refractivity contribution in [1.29, 1.82) is 0 Å². The quantitative estimate of drug-likeness (QED) is 0.667. The largest absolute Gasteiger partial charge is 0.378 e. The fourth-order valence-electron chi connectivity index (χ4n) is 2.05. The molecule has 3 rings (SSSR count). The van der Waals surface area contributed by atoms with E-state index in [1.54, 1.807) is 12.1 Å². The van der Waals surface area contributed by atoms with Crippen LogP contribution in [0.1, 0.15) is 0 Å². The van der Waals surface area contributed by atoms with E-state index >= 15 is 0 Å². The summed E-state index contributed by atoms with van der Waals surface area (Å²) in [5.41, 5.74) is 1.16. The van der Waals surface area contributed by atoms with Gasteiger partial charge < -0.3 is 9.64 Å². The third-order valence-electron chi connectivity index (χ3n) is 2.98. The molecule has 0 radical (unpaired) electrons. The Morgan fingerprint density at radius 1 is 1.33 bits per heavy atom. The van der Waals surface area contributed by atoms with Crippen LogP contribution >= 0.6 is 0 Å². The van der Waals surface area contributed by atoms with Crippen LogP contribution in [0.25, 0.3) is 0 Å². The van der Waals surface area contributed by atoms with Crippen molar-refractivity contribution < 1.29 is 19.7 Å². The molecule has 7 heteroatoms. The highest BCUT2D eigenvalue weighted by Gasteiger charge is 2.20. The highest BCUT2D eigenvalue weighted by atomic mass is 17.0. The van der Waals surface area contributed by atoms with Gasteiger partial charge in [0.15, 0.2) is 5.36 Å². The summed E-state index contributed by atoms with van der Waals surface area (Å²) in [5.74, 6) is 1.81. The second-order valence-electron chi connectivity index (χ2n) is 4.01. The van der Waals surface area contributed by atoms with E-state index in [4.69, 9.17) is 4.74 Å². The Balaban J connectivity index is 2.11. The summed E-state index contributed by atoms with van der Waals surface area (Å²) >= 11 is 0. The number of rotatable bonds is 1. The molecule has 18 heavy (non-hydrogen) atoms. The average molecular weight is 249 g/mol. The Bertz CT molecular complexity index is 605. The molecule has 0 aromatic heterocycles. The van der Waals surface area contributed by atoms with Gasteiger partial charge in [0.05, 0.1) is 18.4 Å². The van der Waals surface area contributed by atoms with Crippen molar-refractivity contribution in [2.75, 3.05) is 36.4 Å². The fraction of sp³-hybridized carbons (Fsp3) is 0.364. The van der Waals surface area contributed by atoms with Crippen LogP contribution in [0.4, 0.5) is 11.4 Å². The number of hydrogen-bond acceptors (Lipinski definition) is 7. The van der Waals surface area contributed by atoms with E-state index in [0.717, 1.165) is 18.8 Å². The van der Waals surface area contributed by atoms with Gasteiger partial charge in [-0.3, -0.25) is 5.21 Å². The van der Waals surface area contributed by atoms with Crippen molar-refractivity contribution in [3.8, 4) is 0 Å². The highest BCUT2D eigenvalue weighted by molar-refractivity contribution is 5.62. The normalized spacial score (nSPS) is 17.8. The lowest BCUT2D eigenvalue weighted by Gasteiger charge is -2.28. The first kappa shape index (κ1) is 11.0. The molecular weight excluding hydrogens is 238 g/mol. The predicted molar refractivity (Wildman–Crippen MR) is 60.4 cm³/mol. The van der Waals surface area contributed by atoms with Crippen molar-refractivity contribution in [3.05, 3.63) is 22.7 Å². The van der Waals surface area contributed by atoms with Crippen molar-refractivity contribution in [3.63, 3.8) is 0 Å². The minimum Gasteiger partial charge on any atom is -0.378 e. The molecule has 1 aromatic rings. The SMILES string of the molecule is O=C=c1cc(N2CCOCC2)cc2c1=NON2O. The molecule has 1 saturated heterocycles. The maximum atomic E-state index is 10.9. The monoisotopic (exact) mass is 249 g/mol. The number of anilines is 2. The van der Waals surface area contributed by atoms with Crippen molar-refractivity contribution in [1.82, 2.24) is 0 Å². The van der Waals surface area contributed by atoms with E-state index in [9.17, 15) is 10.0 Å². The summed E-state index contributed by atoms with van der Waals surface area (Å²) in [7, 11) is 0. The molecule has 0 bridgehead atoms. The van der Waals surface area contributed by atoms with Crippen LogP contribution in [-0.2, 0) is 14.5 Å². The van der Waals surface area contributed by atoms with Crippen LogP contribution in [-0.4, -0.2) is 37.5 Å². The van der Waals surface area contributed by atoms with Gasteiger partial charge in [0.2, 0.25) is 0 Å². The van der Waals surface area contributed by atoms with E-state index in [0.29, 0.717) is 29.5 Å². The number of morpholine rings is 1. The van der Waals surface area contributed by atoms with Gasteiger partial charge in [-0.2, -0.15) is 0 Å². The molecule has 0 atom stereocenters. The zero-order valence-electron chi connectivity index (χ0n) is 9.50. The molecule has 1 N–H and O–H groups in total. The third kappa shape index (κ3) is 1.70. The summed E-state index contributed by atoms with van der Waals surface area (Å²) < 4.78 is 5.27. The molecule has 0 amide bonds. The summed E-state index contributed by atoms with van der Waals surface area (Å²) in [6, 6.07) is 3.40. The molecule has 2 aliphatic rings. The van der Waals surface area contributed by atoms with Gasteiger partial charge in [-0.1, -0.05) is 5.23 Å². The first-order chi connectivity index (χ1) is 8.79. The molecule has 0 spiro atoms. The summed E-state index contributed by atoms with van der Waals surface area (Å²) in [4.78, 5) is 17.6. The van der Waals surface area contributed by atoms with Crippen LogP contribution < -0.4 is 20.7 Å². The van der Waals surface area contributed by atoms with Crippen LogP contribution in [0.3, 0.4) is 0 Å². The van der Waals surface area contributed by atoms with Gasteiger partial charge in [-0.05, 0) is 17.3 Å². The second-order valence-corrected chi connectivity index (χ2v) is 4.01. The van der Waals surface area contributed by atoms with Crippen LogP contribution in [0.15, 0.2) is 17.3 Å². The Hall–Kier alpha value is -2.08. The smallest absolute Gasteiger partial charge is 0.154 e. The second kappa shape index (κ2) is 4.30. The van der Waals surface area contributed by atoms with E-state index in [1.165, 1.54) is 0 Å². The van der Waals surface area contributed by atoms with Crippen molar-refractivity contribution in [2.45, 2.75) is 0 Å². The summed E-state index contributed by atoms with van der Waals surface area (Å²) in [5, 5.41) is 14.2. The first-order valence-corrected chi connectivity index (χ1v) is 5.55. The number of hydrogen-bond donors (Lipinski definition) is 1. The van der Waals surface area contributed by atoms with Gasteiger partial charge in [0.1, 0.15) is 11.6 Å². The lowest BCUT2D eigenvalue weighted by atomic mass is 10.2. The Kier molecular flexibility index (Phi) is 2.64. The van der Waals surface area contributed by atoms with E-state index in [2.05, 4.69) is 15.0 Å². The van der Waals surface area contributed by atoms with Gasteiger partial charge in [-0.15, -0.1) is 0 Å². The molecule has 0 unspecified atom stereocenters. The highest BCUT2D eigenvalue weighted by Crippen LogP contribution is 2.19. The number of fused-ring (bicyclic) bond motifs is 1. The minimum absolute atomic E-state index is 0.269. The van der Waals surface area contributed by atoms with Crippen LogP contribution in [0.2, 0.25) is 0 Å². The number of ether oxygens (including phenoxy) is 1. The topological polar surface area (TPSA) is 74.6 Å². The Morgan fingerprint density at radius 2 is 2.11 bits per heavy atom. The van der Waals surface area contributed by atoms with Gasteiger partial charge >= 0.3 is 0 Å². The lowest BCUT2D eigenvalue weighted by molar-refractivity contribution is -0.0306. The molecular formula is C11H11N3O4. The Labute approximate surface area is 102 Å². The zero-order chi connectivity index (χ0) is 12.5. The lowest BCUT2D eigenvalue weighted by Crippen LogP contribution is -2.38. The van der Waals surface area contributed by atoms with Crippen LogP contribution in [0, 0.1) is 0 Å². The molecule has 2 aliphatic heterocycles. The molecule has 1 aromatic carbocycles. The Morgan fingerprint density at radius 3 is 2.83 bits per heavy atom. The van der Waals surface area contributed by atoms with Gasteiger partial charge in [-0.25, -0.2) is 9.73 Å². The molecule has 94 valence electrons. The standard InChI is InChI=1S/C11H11N3O4/c15-7-8-5-9(13-1-3-17-4-2-13)6-10-11(8)12-18-14(10)16/h5-6,16H,1-4H2. The fourth-order valence-corrected chi connectivity index (χ4v) is 2.05. The molecule has 0 saturated carbocycles. The van der Waals surface area contributed by atoms with Gasteiger partial charge in [0.25, 0.3) is 0 Å². The first-order valence-electron chi connectivity index (χ1n) is 5.55. The van der Waals surface area contributed by atoms with E-state index in [-0.39, 0.29) is 5.22 Å². The van der Waals surface area contributed by atoms with E-state index < -0.39 is 0 Å². The third-order valence-corrected chi connectivity index (χ3v) is 2.98. The zero-order valence-corrected chi connectivity index (χ0v) is 9.50. The summed E-state index contributed by atoms with van der Waals surface area (Å²) in [6.45, 7) is 2.75.